The number of anilines is 2. The third-order valence-corrected chi connectivity index (χ3v) is 3.37. The lowest BCUT2D eigenvalue weighted by Gasteiger charge is -2.09. The quantitative estimate of drug-likeness (QED) is 0.557. The maximum Gasteiger partial charge on any atom is 0.416 e. The predicted molar refractivity (Wildman–Crippen MR) is 83.9 cm³/mol. The van der Waals surface area contributed by atoms with Crippen LogP contribution in [0.25, 0.3) is 11.0 Å². The van der Waals surface area contributed by atoms with Crippen molar-refractivity contribution in [1.82, 2.24) is 0 Å². The third-order valence-electron chi connectivity index (χ3n) is 3.37. The van der Waals surface area contributed by atoms with Crippen molar-refractivity contribution < 1.29 is 22.5 Å². The Balaban J connectivity index is 2.22. The molecular formula is C16H9F3N2O4. The fourth-order valence-corrected chi connectivity index (χ4v) is 2.26. The number of fused-ring (bicyclic) bond motifs is 1. The highest BCUT2D eigenvalue weighted by Crippen LogP contribution is 2.36. The molecule has 25 heavy (non-hydrogen) atoms. The van der Waals surface area contributed by atoms with Crippen LogP contribution < -0.4 is 10.7 Å². The van der Waals surface area contributed by atoms with Crippen LogP contribution in [0.3, 0.4) is 0 Å². The van der Waals surface area contributed by atoms with Crippen LogP contribution in [0.5, 0.6) is 0 Å². The van der Waals surface area contributed by atoms with Gasteiger partial charge in [-0.25, -0.2) is 0 Å². The topological polar surface area (TPSA) is 85.4 Å². The van der Waals surface area contributed by atoms with E-state index in [1.165, 1.54) is 0 Å². The lowest BCUT2D eigenvalue weighted by Crippen LogP contribution is -2.09. The summed E-state index contributed by atoms with van der Waals surface area (Å²) in [5, 5.41) is 13.4. The molecule has 0 aliphatic rings. The van der Waals surface area contributed by atoms with Gasteiger partial charge in [0.25, 0.3) is 0 Å². The summed E-state index contributed by atoms with van der Waals surface area (Å²) in [6, 6.07) is 10.3. The zero-order chi connectivity index (χ0) is 18.2. The number of halogens is 3. The van der Waals surface area contributed by atoms with Gasteiger partial charge in [-0.3, -0.25) is 14.9 Å². The van der Waals surface area contributed by atoms with E-state index in [4.69, 9.17) is 4.42 Å². The molecule has 0 amide bonds. The van der Waals surface area contributed by atoms with E-state index in [1.54, 1.807) is 30.3 Å². The molecule has 0 saturated heterocycles. The predicted octanol–water partition coefficient (Wildman–Crippen LogP) is 4.46. The Kier molecular flexibility index (Phi) is 3.91. The summed E-state index contributed by atoms with van der Waals surface area (Å²) >= 11 is 0. The van der Waals surface area contributed by atoms with Crippen LogP contribution in [0.2, 0.25) is 0 Å². The van der Waals surface area contributed by atoms with Crippen molar-refractivity contribution in [2.24, 2.45) is 0 Å². The average Bonchev–Trinajstić information content (AvgIpc) is 2.54. The van der Waals surface area contributed by atoms with Crippen LogP contribution in [0.4, 0.5) is 30.4 Å². The normalized spacial score (nSPS) is 11.5. The third kappa shape index (κ3) is 3.30. The first-order chi connectivity index (χ1) is 11.8. The van der Waals surface area contributed by atoms with Crippen LogP contribution in [0, 0.1) is 10.1 Å². The van der Waals surface area contributed by atoms with Gasteiger partial charge in [-0.15, -0.1) is 0 Å². The lowest BCUT2D eigenvalue weighted by molar-refractivity contribution is -0.383. The number of alkyl halides is 3. The average molecular weight is 350 g/mol. The Morgan fingerprint density at radius 3 is 2.36 bits per heavy atom. The van der Waals surface area contributed by atoms with Gasteiger partial charge in [0.05, 0.1) is 15.9 Å². The van der Waals surface area contributed by atoms with Crippen LogP contribution in [0.1, 0.15) is 5.56 Å². The summed E-state index contributed by atoms with van der Waals surface area (Å²) in [6.45, 7) is 0. The maximum absolute atomic E-state index is 12.9. The van der Waals surface area contributed by atoms with Crippen molar-refractivity contribution in [2.45, 2.75) is 6.18 Å². The Morgan fingerprint density at radius 1 is 1.08 bits per heavy atom. The molecule has 9 heteroatoms. The van der Waals surface area contributed by atoms with E-state index in [0.29, 0.717) is 17.8 Å². The van der Waals surface area contributed by atoms with Crippen LogP contribution >= 0.6 is 0 Å². The number of benzene rings is 2. The summed E-state index contributed by atoms with van der Waals surface area (Å²) in [4.78, 5) is 22.3. The summed E-state index contributed by atoms with van der Waals surface area (Å²) in [6.07, 6.45) is -4.83. The molecule has 1 N–H and O–H groups in total. The Hall–Kier alpha value is -3.36. The minimum absolute atomic E-state index is 0.119. The first-order valence-corrected chi connectivity index (χ1v) is 6.91. The highest BCUT2D eigenvalue weighted by atomic mass is 19.4. The number of nitro benzene ring substituents is 1. The van der Waals surface area contributed by atoms with Gasteiger partial charge in [0.15, 0.2) is 5.43 Å². The minimum atomic E-state index is -4.83. The van der Waals surface area contributed by atoms with Gasteiger partial charge < -0.3 is 9.73 Å². The molecule has 0 saturated carbocycles. The first-order valence-electron chi connectivity index (χ1n) is 6.91. The minimum Gasteiger partial charge on any atom is -0.433 e. The zero-order valence-electron chi connectivity index (χ0n) is 12.3. The van der Waals surface area contributed by atoms with Crippen molar-refractivity contribution >= 4 is 28.2 Å². The Bertz CT molecular complexity index is 1010. The molecule has 0 spiro atoms. The number of para-hydroxylation sites is 1. The van der Waals surface area contributed by atoms with Gasteiger partial charge in [-0.2, -0.15) is 13.2 Å². The fourth-order valence-electron chi connectivity index (χ4n) is 2.26. The highest BCUT2D eigenvalue weighted by molar-refractivity contribution is 5.87. The van der Waals surface area contributed by atoms with E-state index in [0.717, 1.165) is 6.07 Å². The molecule has 0 radical (unpaired) electrons. The van der Waals surface area contributed by atoms with Crippen molar-refractivity contribution in [2.75, 3.05) is 5.32 Å². The Labute approximate surface area is 137 Å². The second kappa shape index (κ2) is 5.93. The molecule has 1 aromatic heterocycles. The molecule has 3 aromatic rings. The van der Waals surface area contributed by atoms with Crippen LogP contribution in [-0.2, 0) is 6.18 Å². The summed E-state index contributed by atoms with van der Waals surface area (Å²) < 4.78 is 44.0. The lowest BCUT2D eigenvalue weighted by atomic mass is 10.1. The highest BCUT2D eigenvalue weighted by Gasteiger charge is 2.34. The monoisotopic (exact) mass is 350 g/mol. The molecular weight excluding hydrogens is 341 g/mol. The molecule has 0 aliphatic carbocycles. The SMILES string of the molecule is O=c1cc(Nc2ccccc2)oc2c([N+](=O)[O-])cc(C(F)(F)F)cc12. The van der Waals surface area contributed by atoms with E-state index in [-0.39, 0.29) is 5.88 Å². The molecule has 0 unspecified atom stereocenters. The summed E-state index contributed by atoms with van der Waals surface area (Å²) in [5.41, 5.74) is -3.03. The molecule has 0 fully saturated rings. The van der Waals surface area contributed by atoms with Crippen molar-refractivity contribution in [1.29, 1.82) is 0 Å². The van der Waals surface area contributed by atoms with Gasteiger partial charge >= 0.3 is 11.9 Å². The molecule has 0 bridgehead atoms. The van der Waals surface area contributed by atoms with E-state index < -0.39 is 38.7 Å². The number of nitrogens with zero attached hydrogens (tertiary/aromatic N) is 1. The van der Waals surface area contributed by atoms with Gasteiger partial charge in [0.1, 0.15) is 0 Å². The van der Waals surface area contributed by atoms with Crippen molar-refractivity contribution in [3.8, 4) is 0 Å². The summed E-state index contributed by atoms with van der Waals surface area (Å²) in [7, 11) is 0. The van der Waals surface area contributed by atoms with Gasteiger partial charge in [-0.1, -0.05) is 18.2 Å². The fraction of sp³-hybridized carbons (Fsp3) is 0.0625. The van der Waals surface area contributed by atoms with Crippen LogP contribution in [-0.4, -0.2) is 4.92 Å². The van der Waals surface area contributed by atoms with E-state index in [2.05, 4.69) is 5.32 Å². The van der Waals surface area contributed by atoms with E-state index in [1.807, 2.05) is 0 Å². The van der Waals surface area contributed by atoms with Gasteiger partial charge in [-0.05, 0) is 18.2 Å². The van der Waals surface area contributed by atoms with E-state index in [9.17, 15) is 28.1 Å². The van der Waals surface area contributed by atoms with Crippen molar-refractivity contribution in [3.63, 3.8) is 0 Å². The van der Waals surface area contributed by atoms with Gasteiger partial charge in [0, 0.05) is 17.8 Å². The second-order valence-electron chi connectivity index (χ2n) is 5.09. The second-order valence-corrected chi connectivity index (χ2v) is 5.09. The molecule has 128 valence electrons. The molecule has 0 aliphatic heterocycles. The maximum atomic E-state index is 12.9. The zero-order valence-corrected chi connectivity index (χ0v) is 12.3. The number of nitrogens with one attached hydrogen (secondary N) is 1. The smallest absolute Gasteiger partial charge is 0.416 e. The number of rotatable bonds is 3. The van der Waals surface area contributed by atoms with Gasteiger partial charge in [0.2, 0.25) is 11.5 Å². The molecule has 6 nitrogen and oxygen atoms in total. The standard InChI is InChI=1S/C16H9F3N2O4/c17-16(18,19)9-6-11-13(22)8-14(20-10-4-2-1-3-5-10)25-15(11)12(7-9)21(23)24/h1-8,20H. The first kappa shape index (κ1) is 16.5. The Morgan fingerprint density at radius 2 is 1.76 bits per heavy atom. The molecule has 1 heterocycles. The van der Waals surface area contributed by atoms with Crippen molar-refractivity contribution in [3.05, 3.63) is 74.4 Å². The number of nitro groups is 1. The molecule has 2 aromatic carbocycles. The molecule has 3 rings (SSSR count). The number of non-ortho nitro benzene ring substituents is 1. The largest absolute Gasteiger partial charge is 0.433 e. The number of hydrogen-bond acceptors (Lipinski definition) is 5. The van der Waals surface area contributed by atoms with E-state index >= 15 is 0 Å². The molecule has 0 atom stereocenters. The summed E-state index contributed by atoms with van der Waals surface area (Å²) in [5.74, 6) is -0.119. The number of hydrogen-bond donors (Lipinski definition) is 1. The van der Waals surface area contributed by atoms with Crippen LogP contribution in [0.15, 0.2) is 57.7 Å².